The monoisotopic (exact) mass is 331 g/mol. The molecule has 1 aliphatic carbocycles. The molecule has 5 nitrogen and oxygen atoms in total. The summed E-state index contributed by atoms with van der Waals surface area (Å²) >= 11 is 0. The Morgan fingerprint density at radius 1 is 1.29 bits per heavy atom. The molecule has 1 saturated heterocycles. The Labute approximate surface area is 144 Å². The molecule has 0 aromatic heterocycles. The number of guanidine groups is 1. The standard InChI is InChI=1S/C19H29N3O2/c1-19(2,3)13-6-9-17(23)16(11-13)22-18(21-14-7-8-14)20-12-15-5-4-10-24-15/h6,9,11,14-15,23H,4-5,7-8,10,12H2,1-3H3,(H2,20,21,22). The van der Waals surface area contributed by atoms with Gasteiger partial charge in [-0.3, -0.25) is 4.99 Å². The van der Waals surface area contributed by atoms with Gasteiger partial charge in [0.15, 0.2) is 5.96 Å². The van der Waals surface area contributed by atoms with Gasteiger partial charge in [0.05, 0.1) is 18.3 Å². The Kier molecular flexibility index (Phi) is 4.99. The number of hydrogen-bond donors (Lipinski definition) is 3. The zero-order valence-corrected chi connectivity index (χ0v) is 14.9. The van der Waals surface area contributed by atoms with Gasteiger partial charge in [-0.1, -0.05) is 26.8 Å². The maximum atomic E-state index is 10.2. The Morgan fingerprint density at radius 2 is 2.08 bits per heavy atom. The number of aromatic hydroxyl groups is 1. The van der Waals surface area contributed by atoms with Crippen LogP contribution in [0.15, 0.2) is 23.2 Å². The quantitative estimate of drug-likeness (QED) is 0.449. The van der Waals surface area contributed by atoms with E-state index >= 15 is 0 Å². The van der Waals surface area contributed by atoms with Crippen molar-refractivity contribution in [3.8, 4) is 5.75 Å². The summed E-state index contributed by atoms with van der Waals surface area (Å²) in [4.78, 5) is 4.67. The van der Waals surface area contributed by atoms with Crippen LogP contribution in [0.4, 0.5) is 5.69 Å². The number of benzene rings is 1. The van der Waals surface area contributed by atoms with Crippen molar-refractivity contribution >= 4 is 11.6 Å². The molecule has 1 aromatic carbocycles. The Morgan fingerprint density at radius 3 is 2.71 bits per heavy atom. The first kappa shape index (κ1) is 17.1. The maximum absolute atomic E-state index is 10.2. The highest BCUT2D eigenvalue weighted by atomic mass is 16.5. The van der Waals surface area contributed by atoms with Gasteiger partial charge in [-0.05, 0) is 48.8 Å². The third-order valence-corrected chi connectivity index (χ3v) is 4.51. The molecule has 1 aromatic rings. The van der Waals surface area contributed by atoms with Crippen LogP contribution < -0.4 is 10.6 Å². The molecule has 132 valence electrons. The predicted molar refractivity (Wildman–Crippen MR) is 97.9 cm³/mol. The van der Waals surface area contributed by atoms with E-state index in [1.165, 1.54) is 18.4 Å². The van der Waals surface area contributed by atoms with E-state index in [0.717, 1.165) is 25.4 Å². The van der Waals surface area contributed by atoms with E-state index < -0.39 is 0 Å². The molecule has 2 fully saturated rings. The summed E-state index contributed by atoms with van der Waals surface area (Å²) in [7, 11) is 0. The molecule has 1 atom stereocenters. The fraction of sp³-hybridized carbons (Fsp3) is 0.632. The molecule has 24 heavy (non-hydrogen) atoms. The van der Waals surface area contributed by atoms with Crippen LogP contribution in [0.5, 0.6) is 5.75 Å². The first-order valence-corrected chi connectivity index (χ1v) is 8.95. The van der Waals surface area contributed by atoms with Crippen molar-refractivity contribution in [1.29, 1.82) is 0 Å². The molecule has 0 spiro atoms. The molecule has 2 aliphatic rings. The van der Waals surface area contributed by atoms with Gasteiger partial charge >= 0.3 is 0 Å². The largest absolute Gasteiger partial charge is 0.506 e. The topological polar surface area (TPSA) is 65.9 Å². The van der Waals surface area contributed by atoms with E-state index in [2.05, 4.69) is 36.4 Å². The summed E-state index contributed by atoms with van der Waals surface area (Å²) in [5, 5.41) is 16.9. The van der Waals surface area contributed by atoms with E-state index in [1.54, 1.807) is 6.07 Å². The smallest absolute Gasteiger partial charge is 0.196 e. The number of hydrogen-bond acceptors (Lipinski definition) is 3. The minimum atomic E-state index is 0.0308. The highest BCUT2D eigenvalue weighted by Crippen LogP contribution is 2.31. The van der Waals surface area contributed by atoms with E-state index in [1.807, 2.05) is 12.1 Å². The van der Waals surface area contributed by atoms with Crippen molar-refractivity contribution < 1.29 is 9.84 Å². The molecular formula is C19H29N3O2. The molecule has 5 heteroatoms. The summed E-state index contributed by atoms with van der Waals surface area (Å²) < 4.78 is 5.65. The number of anilines is 1. The molecule has 0 bridgehead atoms. The van der Waals surface area contributed by atoms with Gasteiger partial charge in [-0.25, -0.2) is 0 Å². The molecule has 0 radical (unpaired) electrons. The lowest BCUT2D eigenvalue weighted by Crippen LogP contribution is -2.33. The van der Waals surface area contributed by atoms with Crippen LogP contribution in [0, 0.1) is 0 Å². The van der Waals surface area contributed by atoms with Crippen LogP contribution >= 0.6 is 0 Å². The molecule has 1 unspecified atom stereocenters. The second-order valence-electron chi connectivity index (χ2n) is 7.85. The van der Waals surface area contributed by atoms with Gasteiger partial charge in [-0.15, -0.1) is 0 Å². The molecule has 1 heterocycles. The van der Waals surface area contributed by atoms with Gasteiger partial charge in [0.1, 0.15) is 5.75 Å². The fourth-order valence-corrected chi connectivity index (χ4v) is 2.75. The van der Waals surface area contributed by atoms with E-state index in [9.17, 15) is 5.11 Å². The third kappa shape index (κ3) is 4.63. The zero-order chi connectivity index (χ0) is 17.2. The fourth-order valence-electron chi connectivity index (χ4n) is 2.75. The third-order valence-electron chi connectivity index (χ3n) is 4.51. The van der Waals surface area contributed by atoms with Crippen LogP contribution in [-0.4, -0.2) is 36.4 Å². The van der Waals surface area contributed by atoms with E-state index in [4.69, 9.17) is 4.74 Å². The van der Waals surface area contributed by atoms with Crippen LogP contribution in [0.3, 0.4) is 0 Å². The molecule has 1 aliphatic heterocycles. The minimum absolute atomic E-state index is 0.0308. The minimum Gasteiger partial charge on any atom is -0.506 e. The summed E-state index contributed by atoms with van der Waals surface area (Å²) in [5.41, 5.74) is 1.90. The van der Waals surface area contributed by atoms with Crippen molar-refractivity contribution in [2.45, 2.75) is 64.0 Å². The number of nitrogens with zero attached hydrogens (tertiary/aromatic N) is 1. The lowest BCUT2D eigenvalue weighted by molar-refractivity contribution is 0.118. The first-order valence-electron chi connectivity index (χ1n) is 8.95. The van der Waals surface area contributed by atoms with Crippen molar-refractivity contribution in [3.63, 3.8) is 0 Å². The lowest BCUT2D eigenvalue weighted by Gasteiger charge is -2.21. The number of nitrogens with one attached hydrogen (secondary N) is 2. The average molecular weight is 331 g/mol. The Hall–Kier alpha value is -1.75. The molecule has 0 amide bonds. The van der Waals surface area contributed by atoms with Crippen molar-refractivity contribution in [2.75, 3.05) is 18.5 Å². The van der Waals surface area contributed by atoms with Gasteiger partial charge in [0.25, 0.3) is 0 Å². The predicted octanol–water partition coefficient (Wildman–Crippen LogP) is 3.39. The number of phenolic OH excluding ortho intramolecular Hbond substituents is 1. The van der Waals surface area contributed by atoms with Gasteiger partial charge in [0.2, 0.25) is 0 Å². The highest BCUT2D eigenvalue weighted by Gasteiger charge is 2.24. The second-order valence-corrected chi connectivity index (χ2v) is 7.85. The summed E-state index contributed by atoms with van der Waals surface area (Å²) in [6, 6.07) is 6.22. The van der Waals surface area contributed by atoms with Gasteiger partial charge in [0, 0.05) is 12.6 Å². The summed E-state index contributed by atoms with van der Waals surface area (Å²) in [5.74, 6) is 0.972. The second kappa shape index (κ2) is 7.01. The van der Waals surface area contributed by atoms with Crippen molar-refractivity contribution in [2.24, 2.45) is 4.99 Å². The SMILES string of the molecule is CC(C)(C)c1ccc(O)c(NC(=NCC2CCCO2)NC2CC2)c1. The van der Waals surface area contributed by atoms with Crippen LogP contribution in [0.25, 0.3) is 0 Å². The van der Waals surface area contributed by atoms with Gasteiger partial charge < -0.3 is 20.5 Å². The normalized spacial score (nSPS) is 21.8. The zero-order valence-electron chi connectivity index (χ0n) is 14.9. The highest BCUT2D eigenvalue weighted by molar-refractivity contribution is 5.95. The summed E-state index contributed by atoms with van der Waals surface area (Å²) in [6.45, 7) is 7.99. The van der Waals surface area contributed by atoms with E-state index in [-0.39, 0.29) is 17.3 Å². The van der Waals surface area contributed by atoms with Gasteiger partial charge in [-0.2, -0.15) is 0 Å². The molecular weight excluding hydrogens is 302 g/mol. The number of aliphatic imine (C=N–C) groups is 1. The molecule has 1 saturated carbocycles. The molecule has 3 N–H and O–H groups in total. The summed E-state index contributed by atoms with van der Waals surface area (Å²) in [6.07, 6.45) is 4.76. The average Bonchev–Trinajstić information content (AvgIpc) is 3.17. The number of ether oxygens (including phenoxy) is 1. The van der Waals surface area contributed by atoms with Crippen LogP contribution in [0.1, 0.15) is 52.0 Å². The van der Waals surface area contributed by atoms with Crippen molar-refractivity contribution in [1.82, 2.24) is 5.32 Å². The Balaban J connectivity index is 1.74. The maximum Gasteiger partial charge on any atom is 0.196 e. The number of phenols is 1. The molecule has 3 rings (SSSR count). The van der Waals surface area contributed by atoms with E-state index in [0.29, 0.717) is 18.3 Å². The Bertz CT molecular complexity index is 597. The lowest BCUT2D eigenvalue weighted by atomic mass is 9.87. The van der Waals surface area contributed by atoms with Crippen LogP contribution in [-0.2, 0) is 10.2 Å². The van der Waals surface area contributed by atoms with Crippen molar-refractivity contribution in [3.05, 3.63) is 23.8 Å². The number of rotatable bonds is 4. The first-order chi connectivity index (χ1) is 11.4. The van der Waals surface area contributed by atoms with Crippen LogP contribution in [0.2, 0.25) is 0 Å².